The molecule has 0 heterocycles. The minimum Gasteiger partial charge on any atom is -0.0528 e. The van der Waals surface area contributed by atoms with Gasteiger partial charge >= 0.3 is 0 Å². The Kier molecular flexibility index (Phi) is 1.97. The zero-order valence-electron chi connectivity index (χ0n) is 6.68. The third-order valence-electron chi connectivity index (χ3n) is 3.14. The minimum absolute atomic E-state index is 1.02. The lowest BCUT2D eigenvalue weighted by atomic mass is 9.81. The van der Waals surface area contributed by atoms with E-state index >= 15 is 0 Å². The molecule has 0 aromatic carbocycles. The van der Waals surface area contributed by atoms with E-state index < -0.39 is 0 Å². The van der Waals surface area contributed by atoms with Gasteiger partial charge in [0.05, 0.1) is 0 Å². The van der Waals surface area contributed by atoms with Crippen molar-refractivity contribution in [1.82, 2.24) is 0 Å². The summed E-state index contributed by atoms with van der Waals surface area (Å²) in [4.78, 5) is 0. The third kappa shape index (κ3) is 1.36. The molecule has 57 valence electrons. The average Bonchev–Trinajstić information content (AvgIpc) is 2.12. The normalized spacial score (nSPS) is 40.8. The largest absolute Gasteiger partial charge is 0.0528 e. The Bertz CT molecular complexity index is 94.6. The molecule has 0 aromatic rings. The van der Waals surface area contributed by atoms with Gasteiger partial charge in [-0.1, -0.05) is 32.1 Å². The van der Waals surface area contributed by atoms with Crippen LogP contribution in [0, 0.1) is 18.3 Å². The van der Waals surface area contributed by atoms with Crippen LogP contribution in [0.25, 0.3) is 0 Å². The van der Waals surface area contributed by atoms with E-state index in [4.69, 9.17) is 0 Å². The maximum Gasteiger partial charge on any atom is -0.0355 e. The highest BCUT2D eigenvalue weighted by Gasteiger charge is 2.23. The van der Waals surface area contributed by atoms with Crippen molar-refractivity contribution in [3.05, 3.63) is 6.42 Å². The molecule has 2 rings (SSSR count). The standard InChI is InChI=1S/C10H17/c1-2-5-10-7-3-6-9(4-1)8-10/h4,9-10H,1-3,5-8H2. The maximum absolute atomic E-state index is 2.58. The first-order chi connectivity index (χ1) is 4.95. The molecule has 0 nitrogen and oxygen atoms in total. The van der Waals surface area contributed by atoms with E-state index in [1.54, 1.807) is 0 Å². The zero-order chi connectivity index (χ0) is 6.81. The Morgan fingerprint density at radius 1 is 1.00 bits per heavy atom. The van der Waals surface area contributed by atoms with E-state index in [0.29, 0.717) is 0 Å². The summed E-state index contributed by atoms with van der Waals surface area (Å²) in [6.07, 6.45) is 13.0. The fraction of sp³-hybridized carbons (Fsp3) is 0.900. The van der Waals surface area contributed by atoms with E-state index in [-0.39, 0.29) is 0 Å². The van der Waals surface area contributed by atoms with Crippen molar-refractivity contribution in [3.63, 3.8) is 0 Å². The van der Waals surface area contributed by atoms with Crippen molar-refractivity contribution in [2.24, 2.45) is 11.8 Å². The van der Waals surface area contributed by atoms with Crippen LogP contribution in [0.4, 0.5) is 0 Å². The summed E-state index contributed by atoms with van der Waals surface area (Å²) in [6.45, 7) is 0. The Morgan fingerprint density at radius 3 is 2.90 bits per heavy atom. The first kappa shape index (κ1) is 6.69. The lowest BCUT2D eigenvalue weighted by Gasteiger charge is -2.25. The van der Waals surface area contributed by atoms with Gasteiger partial charge in [0.2, 0.25) is 0 Å². The summed E-state index contributed by atoms with van der Waals surface area (Å²) >= 11 is 0. The van der Waals surface area contributed by atoms with Crippen LogP contribution in [0.3, 0.4) is 0 Å². The summed E-state index contributed by atoms with van der Waals surface area (Å²) in [5, 5.41) is 0. The lowest BCUT2D eigenvalue weighted by molar-refractivity contribution is 0.296. The first-order valence-corrected chi connectivity index (χ1v) is 4.78. The minimum atomic E-state index is 1.02. The lowest BCUT2D eigenvalue weighted by Crippen LogP contribution is -2.12. The van der Waals surface area contributed by atoms with E-state index in [2.05, 4.69) is 6.42 Å². The molecular weight excluding hydrogens is 120 g/mol. The molecule has 0 N–H and O–H groups in total. The van der Waals surface area contributed by atoms with Gasteiger partial charge < -0.3 is 0 Å². The number of hydrogen-bond acceptors (Lipinski definition) is 0. The molecule has 2 fully saturated rings. The van der Waals surface area contributed by atoms with Gasteiger partial charge in [0.15, 0.2) is 0 Å². The van der Waals surface area contributed by atoms with E-state index in [0.717, 1.165) is 11.8 Å². The second-order valence-electron chi connectivity index (χ2n) is 3.96. The van der Waals surface area contributed by atoms with Crippen LogP contribution in [-0.4, -0.2) is 0 Å². The van der Waals surface area contributed by atoms with E-state index in [9.17, 15) is 0 Å². The quantitative estimate of drug-likeness (QED) is 0.481. The molecule has 2 unspecified atom stereocenters. The van der Waals surface area contributed by atoms with Crippen LogP contribution in [0.5, 0.6) is 0 Å². The Hall–Kier alpha value is 0. The highest BCUT2D eigenvalue weighted by Crippen LogP contribution is 2.37. The fourth-order valence-corrected chi connectivity index (χ4v) is 2.57. The Morgan fingerprint density at radius 2 is 1.90 bits per heavy atom. The molecule has 10 heavy (non-hydrogen) atoms. The molecule has 2 saturated carbocycles. The number of fused-ring (bicyclic) bond motifs is 2. The monoisotopic (exact) mass is 137 g/mol. The molecule has 2 aliphatic rings. The molecule has 2 bridgehead atoms. The highest BCUT2D eigenvalue weighted by molar-refractivity contribution is 4.86. The van der Waals surface area contributed by atoms with Crippen LogP contribution in [0.1, 0.15) is 44.9 Å². The molecule has 0 spiro atoms. The molecule has 2 atom stereocenters. The molecule has 1 radical (unpaired) electrons. The molecule has 0 amide bonds. The van der Waals surface area contributed by atoms with Gasteiger partial charge in [0, 0.05) is 0 Å². The summed E-state index contributed by atoms with van der Waals surface area (Å²) < 4.78 is 0. The summed E-state index contributed by atoms with van der Waals surface area (Å²) in [7, 11) is 0. The number of rotatable bonds is 0. The van der Waals surface area contributed by atoms with Crippen molar-refractivity contribution in [3.8, 4) is 0 Å². The predicted octanol–water partition coefficient (Wildman–Crippen LogP) is 3.18. The molecule has 2 aliphatic carbocycles. The van der Waals surface area contributed by atoms with Gasteiger partial charge in [-0.25, -0.2) is 0 Å². The second-order valence-corrected chi connectivity index (χ2v) is 3.96. The number of hydrogen-bond donors (Lipinski definition) is 0. The van der Waals surface area contributed by atoms with E-state index in [1.165, 1.54) is 44.9 Å². The molecule has 0 heteroatoms. The van der Waals surface area contributed by atoms with Crippen LogP contribution in [0.15, 0.2) is 0 Å². The molecule has 0 aromatic heterocycles. The van der Waals surface area contributed by atoms with Gasteiger partial charge in [0.25, 0.3) is 0 Å². The van der Waals surface area contributed by atoms with Gasteiger partial charge in [-0.2, -0.15) is 0 Å². The van der Waals surface area contributed by atoms with Gasteiger partial charge in [-0.3, -0.25) is 0 Å². The van der Waals surface area contributed by atoms with E-state index in [1.807, 2.05) is 0 Å². The SMILES string of the molecule is [CH]1CCCC2CCCC1C2. The van der Waals surface area contributed by atoms with Crippen LogP contribution >= 0.6 is 0 Å². The second kappa shape index (κ2) is 2.94. The third-order valence-corrected chi connectivity index (χ3v) is 3.14. The van der Waals surface area contributed by atoms with Crippen LogP contribution in [-0.2, 0) is 0 Å². The summed E-state index contributed by atoms with van der Waals surface area (Å²) in [5.41, 5.74) is 0. The predicted molar refractivity (Wildman–Crippen MR) is 43.6 cm³/mol. The first-order valence-electron chi connectivity index (χ1n) is 4.78. The maximum atomic E-state index is 2.58. The Labute approximate surface area is 64.0 Å². The van der Waals surface area contributed by atoms with Gasteiger partial charge in [0.1, 0.15) is 0 Å². The van der Waals surface area contributed by atoms with Crippen molar-refractivity contribution >= 4 is 0 Å². The average molecular weight is 137 g/mol. The Balaban J connectivity index is 1.96. The van der Waals surface area contributed by atoms with Crippen molar-refractivity contribution in [1.29, 1.82) is 0 Å². The van der Waals surface area contributed by atoms with Crippen molar-refractivity contribution < 1.29 is 0 Å². The molecule has 0 aliphatic heterocycles. The fourth-order valence-electron chi connectivity index (χ4n) is 2.57. The zero-order valence-corrected chi connectivity index (χ0v) is 6.68. The highest BCUT2D eigenvalue weighted by atomic mass is 14.3. The van der Waals surface area contributed by atoms with Crippen LogP contribution in [0.2, 0.25) is 0 Å². The van der Waals surface area contributed by atoms with Gasteiger partial charge in [-0.05, 0) is 31.1 Å². The van der Waals surface area contributed by atoms with Crippen molar-refractivity contribution in [2.45, 2.75) is 44.9 Å². The smallest absolute Gasteiger partial charge is 0.0355 e. The summed E-state index contributed by atoms with van der Waals surface area (Å²) in [5.74, 6) is 2.12. The summed E-state index contributed by atoms with van der Waals surface area (Å²) in [6, 6.07) is 0. The van der Waals surface area contributed by atoms with Crippen LogP contribution < -0.4 is 0 Å². The van der Waals surface area contributed by atoms with Crippen molar-refractivity contribution in [2.75, 3.05) is 0 Å². The molecule has 0 saturated heterocycles. The topological polar surface area (TPSA) is 0 Å². The van der Waals surface area contributed by atoms with Gasteiger partial charge in [-0.15, -0.1) is 0 Å². The molecular formula is C10H17.